The van der Waals surface area contributed by atoms with Crippen LogP contribution in [0.2, 0.25) is 5.02 Å². The number of anilines is 2. The molecule has 0 atom stereocenters. The number of aryl methyl sites for hydroxylation is 2. The van der Waals surface area contributed by atoms with Gasteiger partial charge < -0.3 is 20.1 Å². The number of rotatable bonds is 9. The van der Waals surface area contributed by atoms with Gasteiger partial charge in [-0.25, -0.2) is 0 Å². The summed E-state index contributed by atoms with van der Waals surface area (Å²) in [6.45, 7) is 5.87. The highest BCUT2D eigenvalue weighted by Crippen LogP contribution is 2.37. The van der Waals surface area contributed by atoms with Crippen LogP contribution < -0.4 is 20.1 Å². The average molecular weight is 583 g/mol. The lowest BCUT2D eigenvalue weighted by Crippen LogP contribution is -2.20. The van der Waals surface area contributed by atoms with E-state index in [-0.39, 0.29) is 18.1 Å². The topological polar surface area (TPSA) is 100 Å². The Kier molecular flexibility index (Phi) is 9.72. The van der Waals surface area contributed by atoms with E-state index >= 15 is 0 Å². The van der Waals surface area contributed by atoms with Crippen LogP contribution in [0.5, 0.6) is 11.5 Å². The standard InChI is InChI=1S/C28H25BrClN3O4/c1-4-36-25-14-19(12-20(15-31)28(35)33-24-8-6-5-7-23(24)30)13-22(29)27(25)37-16-26(34)32-21-10-9-17(2)18(3)11-21/h5-14H,4,16H2,1-3H3,(H,32,34)(H,33,35)/b20-12+. The molecule has 7 nitrogen and oxygen atoms in total. The molecule has 0 aliphatic heterocycles. The fourth-order valence-corrected chi connectivity index (χ4v) is 4.05. The van der Waals surface area contributed by atoms with Gasteiger partial charge in [0.15, 0.2) is 18.1 Å². The first kappa shape index (κ1) is 27.8. The lowest BCUT2D eigenvalue weighted by Gasteiger charge is -2.15. The van der Waals surface area contributed by atoms with Crippen LogP contribution in [0.3, 0.4) is 0 Å². The number of carbonyl (C=O) groups is 2. The van der Waals surface area contributed by atoms with E-state index in [4.69, 9.17) is 21.1 Å². The molecule has 2 N–H and O–H groups in total. The maximum atomic E-state index is 12.7. The number of nitrogens with one attached hydrogen (secondary N) is 2. The number of nitrogens with zero attached hydrogens (tertiary/aromatic N) is 1. The number of benzene rings is 3. The Morgan fingerprint density at radius 2 is 1.81 bits per heavy atom. The molecule has 37 heavy (non-hydrogen) atoms. The lowest BCUT2D eigenvalue weighted by atomic mass is 10.1. The summed E-state index contributed by atoms with van der Waals surface area (Å²) in [5.74, 6) is -0.253. The third-order valence-electron chi connectivity index (χ3n) is 5.27. The Hall–Kier alpha value is -3.80. The number of amides is 2. The number of hydrogen-bond acceptors (Lipinski definition) is 5. The maximum absolute atomic E-state index is 12.7. The van der Waals surface area contributed by atoms with E-state index in [1.165, 1.54) is 6.08 Å². The second-order valence-electron chi connectivity index (χ2n) is 8.00. The SMILES string of the molecule is CCOc1cc(/C=C(\C#N)C(=O)Nc2ccccc2Cl)cc(Br)c1OCC(=O)Nc1ccc(C)c(C)c1. The Balaban J connectivity index is 1.77. The zero-order valence-electron chi connectivity index (χ0n) is 20.5. The predicted octanol–water partition coefficient (Wildman–Crippen LogP) is 6.68. The van der Waals surface area contributed by atoms with Crippen LogP contribution in [-0.2, 0) is 9.59 Å². The number of nitriles is 1. The summed E-state index contributed by atoms with van der Waals surface area (Å²) >= 11 is 9.55. The first-order valence-corrected chi connectivity index (χ1v) is 12.5. The van der Waals surface area contributed by atoms with Gasteiger partial charge >= 0.3 is 0 Å². The molecule has 2 amide bonds. The van der Waals surface area contributed by atoms with Crippen molar-refractivity contribution in [1.82, 2.24) is 0 Å². The van der Waals surface area contributed by atoms with Gasteiger partial charge in [-0.1, -0.05) is 29.8 Å². The Labute approximate surface area is 229 Å². The van der Waals surface area contributed by atoms with Crippen LogP contribution in [0.1, 0.15) is 23.6 Å². The van der Waals surface area contributed by atoms with Crippen molar-refractivity contribution in [2.45, 2.75) is 20.8 Å². The highest BCUT2D eigenvalue weighted by molar-refractivity contribution is 9.10. The molecule has 0 aliphatic rings. The van der Waals surface area contributed by atoms with Crippen LogP contribution in [-0.4, -0.2) is 25.0 Å². The molecule has 0 aromatic heterocycles. The van der Waals surface area contributed by atoms with Crippen molar-refractivity contribution < 1.29 is 19.1 Å². The fraction of sp³-hybridized carbons (Fsp3) is 0.179. The summed E-state index contributed by atoms with van der Waals surface area (Å²) in [5, 5.41) is 15.4. The normalized spacial score (nSPS) is 10.9. The van der Waals surface area contributed by atoms with Gasteiger partial charge in [-0.2, -0.15) is 5.26 Å². The van der Waals surface area contributed by atoms with Gasteiger partial charge in [-0.15, -0.1) is 0 Å². The van der Waals surface area contributed by atoms with Crippen LogP contribution in [0.15, 0.2) is 64.6 Å². The molecule has 0 saturated heterocycles. The monoisotopic (exact) mass is 581 g/mol. The van der Waals surface area contributed by atoms with E-state index in [1.807, 2.05) is 45.0 Å². The quantitative estimate of drug-likeness (QED) is 0.216. The van der Waals surface area contributed by atoms with Gasteiger partial charge in [0.25, 0.3) is 11.8 Å². The molecule has 0 heterocycles. The first-order valence-electron chi connectivity index (χ1n) is 11.4. The summed E-state index contributed by atoms with van der Waals surface area (Å²) in [4.78, 5) is 25.1. The van der Waals surface area contributed by atoms with E-state index in [1.54, 1.807) is 36.4 Å². The van der Waals surface area contributed by atoms with Crippen LogP contribution in [0.4, 0.5) is 11.4 Å². The maximum Gasteiger partial charge on any atom is 0.266 e. The third kappa shape index (κ3) is 7.59. The van der Waals surface area contributed by atoms with Gasteiger partial charge in [-0.3, -0.25) is 9.59 Å². The van der Waals surface area contributed by atoms with Crippen molar-refractivity contribution in [1.29, 1.82) is 5.26 Å². The van der Waals surface area contributed by atoms with Crippen LogP contribution in [0, 0.1) is 25.2 Å². The van der Waals surface area contributed by atoms with Crippen molar-refractivity contribution in [2.24, 2.45) is 0 Å². The molecular weight excluding hydrogens is 558 g/mol. The summed E-state index contributed by atoms with van der Waals surface area (Å²) in [7, 11) is 0. The van der Waals surface area contributed by atoms with Crippen molar-refractivity contribution in [3.8, 4) is 17.6 Å². The van der Waals surface area contributed by atoms with Gasteiger partial charge in [0.05, 0.1) is 21.8 Å². The first-order chi connectivity index (χ1) is 17.7. The van der Waals surface area contributed by atoms with Gasteiger partial charge in [0.2, 0.25) is 0 Å². The minimum atomic E-state index is -0.604. The fourth-order valence-electron chi connectivity index (χ4n) is 3.30. The number of hydrogen-bond donors (Lipinski definition) is 2. The zero-order valence-corrected chi connectivity index (χ0v) is 22.9. The summed E-state index contributed by atoms with van der Waals surface area (Å²) in [5.41, 5.74) is 3.68. The van der Waals surface area contributed by atoms with E-state index in [2.05, 4.69) is 26.6 Å². The smallest absolute Gasteiger partial charge is 0.266 e. The summed E-state index contributed by atoms with van der Waals surface area (Å²) < 4.78 is 12.0. The third-order valence-corrected chi connectivity index (χ3v) is 6.19. The largest absolute Gasteiger partial charge is 0.490 e. The Morgan fingerprint density at radius 3 is 2.49 bits per heavy atom. The van der Waals surface area contributed by atoms with E-state index in [0.29, 0.717) is 44.5 Å². The highest BCUT2D eigenvalue weighted by Gasteiger charge is 2.16. The van der Waals surface area contributed by atoms with Gasteiger partial charge in [0.1, 0.15) is 11.6 Å². The van der Waals surface area contributed by atoms with E-state index in [0.717, 1.165) is 11.1 Å². The average Bonchev–Trinajstić information content (AvgIpc) is 2.85. The number of ether oxygens (including phenoxy) is 2. The Morgan fingerprint density at radius 1 is 1.05 bits per heavy atom. The molecule has 9 heteroatoms. The summed E-state index contributed by atoms with van der Waals surface area (Å²) in [6.07, 6.45) is 1.43. The molecule has 3 aromatic rings. The van der Waals surface area contributed by atoms with Crippen molar-refractivity contribution >= 4 is 56.8 Å². The zero-order chi connectivity index (χ0) is 26.9. The van der Waals surface area contributed by atoms with Crippen LogP contribution in [0.25, 0.3) is 6.08 Å². The number of para-hydroxylation sites is 1. The molecule has 3 aromatic carbocycles. The molecule has 0 saturated carbocycles. The number of halogens is 2. The van der Waals surface area contributed by atoms with E-state index < -0.39 is 5.91 Å². The van der Waals surface area contributed by atoms with E-state index in [9.17, 15) is 14.9 Å². The molecule has 0 spiro atoms. The van der Waals surface area contributed by atoms with Crippen LogP contribution >= 0.6 is 27.5 Å². The van der Waals surface area contributed by atoms with Gasteiger partial charge in [-0.05, 0) is 95.9 Å². The molecule has 0 unspecified atom stereocenters. The highest BCUT2D eigenvalue weighted by atomic mass is 79.9. The molecule has 0 radical (unpaired) electrons. The molecule has 3 rings (SSSR count). The second-order valence-corrected chi connectivity index (χ2v) is 9.26. The van der Waals surface area contributed by atoms with Gasteiger partial charge in [0, 0.05) is 5.69 Å². The minimum Gasteiger partial charge on any atom is -0.490 e. The molecule has 0 bridgehead atoms. The minimum absolute atomic E-state index is 0.129. The van der Waals surface area contributed by atoms with Crippen molar-refractivity contribution in [3.05, 3.63) is 86.4 Å². The van der Waals surface area contributed by atoms with Crippen molar-refractivity contribution in [2.75, 3.05) is 23.8 Å². The molecular formula is C28H25BrClN3O4. The second kappa shape index (κ2) is 12.9. The molecule has 190 valence electrons. The van der Waals surface area contributed by atoms with Crippen molar-refractivity contribution in [3.63, 3.8) is 0 Å². The molecule has 0 fully saturated rings. The number of carbonyl (C=O) groups excluding carboxylic acids is 2. The molecule has 0 aliphatic carbocycles. The predicted molar refractivity (Wildman–Crippen MR) is 149 cm³/mol. The Bertz CT molecular complexity index is 1400. The lowest BCUT2D eigenvalue weighted by molar-refractivity contribution is -0.118. The summed E-state index contributed by atoms with van der Waals surface area (Å²) in [6, 6.07) is 17.6.